The van der Waals surface area contributed by atoms with E-state index in [0.717, 1.165) is 30.5 Å². The van der Waals surface area contributed by atoms with Crippen LogP contribution in [0.5, 0.6) is 0 Å². The van der Waals surface area contributed by atoms with E-state index in [-0.39, 0.29) is 5.91 Å². The Labute approximate surface area is 156 Å². The molecule has 3 aromatic rings. The second-order valence-corrected chi connectivity index (χ2v) is 7.14. The van der Waals surface area contributed by atoms with Gasteiger partial charge >= 0.3 is 0 Å². The lowest BCUT2D eigenvalue weighted by atomic mass is 10.0. The van der Waals surface area contributed by atoms with E-state index in [4.69, 9.17) is 11.6 Å². The lowest BCUT2D eigenvalue weighted by Gasteiger charge is -2.17. The first-order valence-electron chi connectivity index (χ1n) is 8.89. The predicted molar refractivity (Wildman–Crippen MR) is 99.7 cm³/mol. The number of carbonyl (C=O) groups is 1. The van der Waals surface area contributed by atoms with E-state index in [1.807, 2.05) is 35.2 Å². The van der Waals surface area contributed by atoms with Crippen LogP contribution in [0.3, 0.4) is 0 Å². The standard InChI is InChI=1S/C19H20ClN5O/c1-2-6-13-9-17(26)24(11-13)12-15-10-16(20)23-25-18(21-22-19(15)25)14-7-4-3-5-8-14/h3-5,7-8,10,13H,2,6,9,11-12H2,1H3. The van der Waals surface area contributed by atoms with E-state index >= 15 is 0 Å². The Morgan fingerprint density at radius 3 is 2.81 bits per heavy atom. The maximum Gasteiger partial charge on any atom is 0.223 e. The molecule has 0 bridgehead atoms. The van der Waals surface area contributed by atoms with Crippen LogP contribution in [0.1, 0.15) is 31.7 Å². The van der Waals surface area contributed by atoms with Crippen LogP contribution in [0.2, 0.25) is 5.15 Å². The number of carbonyl (C=O) groups excluding carboxylic acids is 1. The molecule has 6 nitrogen and oxygen atoms in total. The van der Waals surface area contributed by atoms with Gasteiger partial charge in [-0.1, -0.05) is 55.3 Å². The second-order valence-electron chi connectivity index (χ2n) is 6.75. The van der Waals surface area contributed by atoms with Gasteiger partial charge in [-0.25, -0.2) is 0 Å². The molecule has 1 amide bonds. The van der Waals surface area contributed by atoms with Gasteiger partial charge in [0.15, 0.2) is 16.6 Å². The van der Waals surface area contributed by atoms with Gasteiger partial charge in [-0.2, -0.15) is 9.61 Å². The molecule has 1 saturated heterocycles. The molecule has 2 aromatic heterocycles. The molecule has 1 aliphatic heterocycles. The topological polar surface area (TPSA) is 63.4 Å². The fourth-order valence-corrected chi connectivity index (χ4v) is 3.81. The minimum atomic E-state index is 0.192. The predicted octanol–water partition coefficient (Wildman–Crippen LogP) is 3.59. The smallest absolute Gasteiger partial charge is 0.223 e. The van der Waals surface area contributed by atoms with Gasteiger partial charge in [0.2, 0.25) is 5.91 Å². The highest BCUT2D eigenvalue weighted by Gasteiger charge is 2.29. The lowest BCUT2D eigenvalue weighted by molar-refractivity contribution is -0.128. The summed E-state index contributed by atoms with van der Waals surface area (Å²) < 4.78 is 1.66. The number of aromatic nitrogens is 4. The highest BCUT2D eigenvalue weighted by Crippen LogP contribution is 2.26. The molecule has 0 saturated carbocycles. The van der Waals surface area contributed by atoms with Crippen molar-refractivity contribution in [2.24, 2.45) is 5.92 Å². The molecule has 1 aliphatic rings. The molecule has 1 unspecified atom stereocenters. The Balaban J connectivity index is 1.68. The fraction of sp³-hybridized carbons (Fsp3) is 0.368. The van der Waals surface area contributed by atoms with Crippen LogP contribution < -0.4 is 0 Å². The molecule has 7 heteroatoms. The van der Waals surface area contributed by atoms with Crippen molar-refractivity contribution in [3.8, 4) is 11.4 Å². The Morgan fingerprint density at radius 1 is 1.23 bits per heavy atom. The summed E-state index contributed by atoms with van der Waals surface area (Å²) in [6.07, 6.45) is 2.81. The summed E-state index contributed by atoms with van der Waals surface area (Å²) in [4.78, 5) is 14.2. The fourth-order valence-electron chi connectivity index (χ4n) is 3.61. The number of rotatable bonds is 5. The van der Waals surface area contributed by atoms with Gasteiger partial charge in [0.05, 0.1) is 0 Å². The maximum absolute atomic E-state index is 12.3. The van der Waals surface area contributed by atoms with E-state index in [1.165, 1.54) is 0 Å². The molecule has 134 valence electrons. The number of amides is 1. The normalized spacial score (nSPS) is 17.4. The monoisotopic (exact) mass is 369 g/mol. The third-order valence-electron chi connectivity index (χ3n) is 4.80. The number of benzene rings is 1. The molecule has 1 fully saturated rings. The van der Waals surface area contributed by atoms with Gasteiger partial charge in [-0.3, -0.25) is 4.79 Å². The van der Waals surface area contributed by atoms with Gasteiger partial charge in [0.25, 0.3) is 0 Å². The average molecular weight is 370 g/mol. The molecule has 0 radical (unpaired) electrons. The van der Waals surface area contributed by atoms with Gasteiger partial charge in [-0.05, 0) is 18.4 Å². The summed E-state index contributed by atoms with van der Waals surface area (Å²) in [5.41, 5.74) is 2.42. The van der Waals surface area contributed by atoms with Crippen LogP contribution in [0.15, 0.2) is 36.4 Å². The van der Waals surface area contributed by atoms with Crippen molar-refractivity contribution in [1.29, 1.82) is 0 Å². The molecule has 1 aromatic carbocycles. The van der Waals surface area contributed by atoms with E-state index in [9.17, 15) is 4.79 Å². The number of likely N-dealkylation sites (tertiary alicyclic amines) is 1. The third kappa shape index (κ3) is 3.17. The summed E-state index contributed by atoms with van der Waals surface area (Å²) in [5.74, 6) is 1.27. The zero-order valence-corrected chi connectivity index (χ0v) is 15.4. The summed E-state index contributed by atoms with van der Waals surface area (Å²) in [7, 11) is 0. The number of hydrogen-bond acceptors (Lipinski definition) is 4. The number of nitrogens with zero attached hydrogens (tertiary/aromatic N) is 5. The molecular weight excluding hydrogens is 350 g/mol. The van der Waals surface area contributed by atoms with Gasteiger partial charge in [0.1, 0.15) is 0 Å². The van der Waals surface area contributed by atoms with E-state index < -0.39 is 0 Å². The first-order valence-corrected chi connectivity index (χ1v) is 9.27. The molecule has 0 aliphatic carbocycles. The summed E-state index contributed by atoms with van der Waals surface area (Å²) in [6.45, 7) is 3.43. The van der Waals surface area contributed by atoms with Crippen molar-refractivity contribution < 1.29 is 4.79 Å². The van der Waals surface area contributed by atoms with Crippen molar-refractivity contribution >= 4 is 23.2 Å². The Bertz CT molecular complexity index is 940. The second kappa shape index (κ2) is 7.03. The highest BCUT2D eigenvalue weighted by molar-refractivity contribution is 6.29. The van der Waals surface area contributed by atoms with Crippen molar-refractivity contribution in [1.82, 2.24) is 24.7 Å². The van der Waals surface area contributed by atoms with Crippen LogP contribution in [0.25, 0.3) is 17.0 Å². The van der Waals surface area contributed by atoms with Gasteiger partial charge in [0, 0.05) is 30.6 Å². The lowest BCUT2D eigenvalue weighted by Crippen LogP contribution is -2.25. The first kappa shape index (κ1) is 17.0. The van der Waals surface area contributed by atoms with Crippen molar-refractivity contribution in [3.05, 3.63) is 47.1 Å². The summed E-state index contributed by atoms with van der Waals surface area (Å²) >= 11 is 6.25. The van der Waals surface area contributed by atoms with Crippen LogP contribution in [-0.2, 0) is 11.3 Å². The molecule has 26 heavy (non-hydrogen) atoms. The van der Waals surface area contributed by atoms with Crippen LogP contribution in [0, 0.1) is 5.92 Å². The SMILES string of the molecule is CCCC1CC(=O)N(Cc2cc(Cl)nn3c(-c4ccccc4)nnc23)C1. The Kier molecular flexibility index (Phi) is 4.59. The minimum absolute atomic E-state index is 0.192. The maximum atomic E-state index is 12.3. The molecule has 0 spiro atoms. The van der Waals surface area contributed by atoms with E-state index in [0.29, 0.717) is 35.5 Å². The van der Waals surface area contributed by atoms with Crippen LogP contribution >= 0.6 is 11.6 Å². The Hall–Kier alpha value is -2.47. The zero-order valence-electron chi connectivity index (χ0n) is 14.6. The molecule has 1 atom stereocenters. The first-order chi connectivity index (χ1) is 12.7. The van der Waals surface area contributed by atoms with Gasteiger partial charge in [-0.15, -0.1) is 10.2 Å². The zero-order chi connectivity index (χ0) is 18.1. The average Bonchev–Trinajstić information content (AvgIpc) is 3.20. The molecule has 4 rings (SSSR count). The van der Waals surface area contributed by atoms with Crippen LogP contribution in [0.4, 0.5) is 0 Å². The number of fused-ring (bicyclic) bond motifs is 1. The van der Waals surface area contributed by atoms with Crippen LogP contribution in [-0.4, -0.2) is 37.2 Å². The van der Waals surface area contributed by atoms with E-state index in [1.54, 1.807) is 10.6 Å². The molecular formula is C19H20ClN5O. The van der Waals surface area contributed by atoms with Crippen molar-refractivity contribution in [2.45, 2.75) is 32.7 Å². The highest BCUT2D eigenvalue weighted by atomic mass is 35.5. The minimum Gasteiger partial charge on any atom is -0.338 e. The number of halogens is 1. The largest absolute Gasteiger partial charge is 0.338 e. The van der Waals surface area contributed by atoms with Crippen molar-refractivity contribution in [3.63, 3.8) is 0 Å². The summed E-state index contributed by atoms with van der Waals surface area (Å²) in [6, 6.07) is 11.5. The molecule has 3 heterocycles. The van der Waals surface area contributed by atoms with Crippen molar-refractivity contribution in [2.75, 3.05) is 6.54 Å². The summed E-state index contributed by atoms with van der Waals surface area (Å²) in [5, 5.41) is 13.3. The number of hydrogen-bond donors (Lipinski definition) is 0. The van der Waals surface area contributed by atoms with Gasteiger partial charge < -0.3 is 4.90 Å². The third-order valence-corrected chi connectivity index (χ3v) is 4.99. The molecule has 0 N–H and O–H groups in total. The Morgan fingerprint density at radius 2 is 2.04 bits per heavy atom. The quantitative estimate of drug-likeness (QED) is 0.689. The van der Waals surface area contributed by atoms with E-state index in [2.05, 4.69) is 22.2 Å².